The Morgan fingerprint density at radius 3 is 2.47 bits per heavy atom. The van der Waals surface area contributed by atoms with Crippen molar-refractivity contribution in [3.05, 3.63) is 87.6 Å². The molecule has 1 aromatic heterocycles. The molecule has 4 N–H and O–H groups in total. The highest BCUT2D eigenvalue weighted by Gasteiger charge is 2.22. The summed E-state index contributed by atoms with van der Waals surface area (Å²) < 4.78 is 7.80. The van der Waals surface area contributed by atoms with Gasteiger partial charge in [-0.2, -0.15) is 0 Å². The second-order valence-electron chi connectivity index (χ2n) is 9.04. The number of ether oxygens (including phenoxy) is 1. The van der Waals surface area contributed by atoms with Crippen LogP contribution >= 0.6 is 11.3 Å². The topological polar surface area (TPSA) is 92.8 Å². The van der Waals surface area contributed by atoms with Gasteiger partial charge in [0.15, 0.2) is 5.43 Å². The molecule has 0 saturated carbocycles. The van der Waals surface area contributed by atoms with Gasteiger partial charge >= 0.3 is 0 Å². The van der Waals surface area contributed by atoms with Crippen LogP contribution in [0.3, 0.4) is 0 Å². The van der Waals surface area contributed by atoms with Crippen LogP contribution in [-0.4, -0.2) is 35.6 Å². The monoisotopic (exact) mass is 477 g/mol. The molecule has 0 atom stereocenters. The number of aliphatic hydroxyl groups is 2. The van der Waals surface area contributed by atoms with E-state index in [-0.39, 0.29) is 18.6 Å². The summed E-state index contributed by atoms with van der Waals surface area (Å²) in [6, 6.07) is 20.0. The minimum absolute atomic E-state index is 0.0000689. The summed E-state index contributed by atoms with van der Waals surface area (Å²) in [5, 5.41) is 20.2. The van der Waals surface area contributed by atoms with Gasteiger partial charge in [0, 0.05) is 20.2 Å². The molecule has 178 valence electrons. The fourth-order valence-corrected chi connectivity index (χ4v) is 5.14. The Kier molecular flexibility index (Phi) is 7.63. The molecule has 0 aliphatic heterocycles. The number of rotatable bonds is 10. The maximum atomic E-state index is 13.2. The molecule has 0 amide bonds. The normalized spacial score (nSPS) is 11.9. The first-order valence-electron chi connectivity index (χ1n) is 11.6. The van der Waals surface area contributed by atoms with E-state index in [0.717, 1.165) is 33.6 Å². The third-order valence-corrected chi connectivity index (χ3v) is 7.34. The molecule has 5 nitrogen and oxygen atoms in total. The summed E-state index contributed by atoms with van der Waals surface area (Å²) in [4.78, 5) is 13.2. The van der Waals surface area contributed by atoms with Crippen molar-refractivity contribution >= 4 is 31.5 Å². The van der Waals surface area contributed by atoms with Gasteiger partial charge in [-0.05, 0) is 74.1 Å². The molecular formula is C28H31NO4S. The Hall–Kier alpha value is -2.77. The van der Waals surface area contributed by atoms with E-state index in [4.69, 9.17) is 10.5 Å². The minimum Gasteiger partial charge on any atom is -0.494 e. The van der Waals surface area contributed by atoms with Crippen LogP contribution in [0.1, 0.15) is 29.5 Å². The smallest absolute Gasteiger partial charge is 0.195 e. The minimum atomic E-state index is -1.02. The van der Waals surface area contributed by atoms with E-state index in [2.05, 4.69) is 31.2 Å². The van der Waals surface area contributed by atoms with E-state index in [1.165, 1.54) is 11.1 Å². The molecule has 4 aromatic rings. The van der Waals surface area contributed by atoms with Crippen LogP contribution in [0.2, 0.25) is 0 Å². The number of hydrogen-bond acceptors (Lipinski definition) is 6. The first kappa shape index (κ1) is 24.4. The van der Waals surface area contributed by atoms with Crippen molar-refractivity contribution in [2.24, 2.45) is 5.73 Å². The van der Waals surface area contributed by atoms with Gasteiger partial charge in [-0.25, -0.2) is 0 Å². The Morgan fingerprint density at radius 2 is 1.71 bits per heavy atom. The van der Waals surface area contributed by atoms with E-state index >= 15 is 0 Å². The van der Waals surface area contributed by atoms with E-state index < -0.39 is 5.54 Å². The molecule has 0 fully saturated rings. The number of aliphatic hydroxyl groups excluding tert-OH is 2. The first-order chi connectivity index (χ1) is 16.4. The van der Waals surface area contributed by atoms with Gasteiger partial charge in [0.25, 0.3) is 0 Å². The molecule has 1 heterocycles. The largest absolute Gasteiger partial charge is 0.494 e. The highest BCUT2D eigenvalue weighted by molar-refractivity contribution is 7.24. The number of nitrogens with two attached hydrogens (primary N) is 1. The van der Waals surface area contributed by atoms with Crippen molar-refractivity contribution in [2.45, 2.75) is 38.1 Å². The van der Waals surface area contributed by atoms with Crippen molar-refractivity contribution in [3.63, 3.8) is 0 Å². The Labute approximate surface area is 203 Å². The van der Waals surface area contributed by atoms with Crippen LogP contribution in [0.15, 0.2) is 65.5 Å². The predicted molar refractivity (Wildman–Crippen MR) is 140 cm³/mol. The van der Waals surface area contributed by atoms with Gasteiger partial charge in [0.05, 0.1) is 25.4 Å². The SMILES string of the molecule is Cc1cccc(CCCOc2ccc3c(=O)c4cc(CCC(N)(CO)CO)ccc4sc3c2)c1. The van der Waals surface area contributed by atoms with Gasteiger partial charge in [-0.3, -0.25) is 4.79 Å². The average Bonchev–Trinajstić information content (AvgIpc) is 2.85. The maximum Gasteiger partial charge on any atom is 0.195 e. The molecule has 4 rings (SSSR count). The van der Waals surface area contributed by atoms with Crippen LogP contribution in [-0.2, 0) is 12.8 Å². The van der Waals surface area contributed by atoms with Crippen molar-refractivity contribution in [1.82, 2.24) is 0 Å². The summed E-state index contributed by atoms with van der Waals surface area (Å²) in [6.45, 7) is 2.15. The third-order valence-electron chi connectivity index (χ3n) is 6.21. The lowest BCUT2D eigenvalue weighted by molar-refractivity contribution is 0.115. The second-order valence-corrected chi connectivity index (χ2v) is 10.1. The molecule has 0 unspecified atom stereocenters. The fourth-order valence-electron chi connectivity index (χ4n) is 4.06. The zero-order valence-electron chi connectivity index (χ0n) is 19.4. The molecule has 3 aromatic carbocycles. The average molecular weight is 478 g/mol. The van der Waals surface area contributed by atoms with Gasteiger partial charge < -0.3 is 20.7 Å². The summed E-state index contributed by atoms with van der Waals surface area (Å²) in [5.74, 6) is 0.774. The zero-order chi connectivity index (χ0) is 24.1. The Balaban J connectivity index is 1.47. The van der Waals surface area contributed by atoms with Crippen LogP contribution in [0.5, 0.6) is 5.75 Å². The van der Waals surface area contributed by atoms with Gasteiger partial charge in [0.1, 0.15) is 5.75 Å². The molecule has 6 heteroatoms. The third kappa shape index (κ3) is 5.65. The standard InChI is InChI=1S/C28H31NO4S/c1-19-4-2-5-20(14-19)6-3-13-33-22-8-9-23-26(16-22)34-25-10-7-21(15-24(25)27(23)32)11-12-28(29,17-30)18-31/h2,4-5,7-10,14-16,30-31H,3,6,11-13,17-18,29H2,1H3. The van der Waals surface area contributed by atoms with E-state index in [1.54, 1.807) is 11.3 Å². The van der Waals surface area contributed by atoms with E-state index in [9.17, 15) is 15.0 Å². The number of benzene rings is 3. The maximum absolute atomic E-state index is 13.2. The molecule has 34 heavy (non-hydrogen) atoms. The summed E-state index contributed by atoms with van der Waals surface area (Å²) in [5.41, 5.74) is 8.51. The molecular weight excluding hydrogens is 446 g/mol. The number of hydrogen-bond donors (Lipinski definition) is 3. The second kappa shape index (κ2) is 10.7. The van der Waals surface area contributed by atoms with E-state index in [1.807, 2.05) is 36.4 Å². The summed E-state index contributed by atoms with van der Waals surface area (Å²) >= 11 is 1.57. The summed E-state index contributed by atoms with van der Waals surface area (Å²) in [7, 11) is 0. The Morgan fingerprint density at radius 1 is 0.912 bits per heavy atom. The van der Waals surface area contributed by atoms with Crippen LogP contribution in [0.4, 0.5) is 0 Å². The lowest BCUT2D eigenvalue weighted by atomic mass is 9.93. The highest BCUT2D eigenvalue weighted by Crippen LogP contribution is 2.29. The van der Waals surface area contributed by atoms with Crippen molar-refractivity contribution < 1.29 is 14.9 Å². The van der Waals surface area contributed by atoms with Crippen molar-refractivity contribution in [1.29, 1.82) is 0 Å². The lowest BCUT2D eigenvalue weighted by Crippen LogP contribution is -2.47. The number of fused-ring (bicyclic) bond motifs is 2. The number of aryl methyl sites for hydroxylation is 3. The van der Waals surface area contributed by atoms with Crippen LogP contribution in [0, 0.1) is 6.92 Å². The summed E-state index contributed by atoms with van der Waals surface area (Å²) in [6.07, 6.45) is 2.90. The molecule has 0 aliphatic carbocycles. The predicted octanol–water partition coefficient (Wildman–Crippen LogP) is 4.35. The highest BCUT2D eigenvalue weighted by atomic mass is 32.1. The van der Waals surface area contributed by atoms with Gasteiger partial charge in [-0.1, -0.05) is 35.9 Å². The fraction of sp³-hybridized carbons (Fsp3) is 0.321. The van der Waals surface area contributed by atoms with Gasteiger partial charge in [-0.15, -0.1) is 11.3 Å². The Bertz CT molecular complexity index is 1340. The molecule has 0 saturated heterocycles. The molecule has 0 bridgehead atoms. The first-order valence-corrected chi connectivity index (χ1v) is 12.4. The molecule has 0 spiro atoms. The molecule has 0 aliphatic rings. The van der Waals surface area contributed by atoms with Crippen molar-refractivity contribution in [3.8, 4) is 5.75 Å². The van der Waals surface area contributed by atoms with Crippen LogP contribution < -0.4 is 15.9 Å². The van der Waals surface area contributed by atoms with E-state index in [0.29, 0.717) is 30.2 Å². The zero-order valence-corrected chi connectivity index (χ0v) is 20.2. The molecule has 0 radical (unpaired) electrons. The van der Waals surface area contributed by atoms with Crippen molar-refractivity contribution in [2.75, 3.05) is 19.8 Å². The van der Waals surface area contributed by atoms with Crippen LogP contribution in [0.25, 0.3) is 20.2 Å². The quantitative estimate of drug-likeness (QED) is 0.233. The van der Waals surface area contributed by atoms with Gasteiger partial charge in [0.2, 0.25) is 0 Å². The lowest BCUT2D eigenvalue weighted by Gasteiger charge is -2.24.